The van der Waals surface area contributed by atoms with Crippen molar-refractivity contribution in [3.8, 4) is 0 Å². The minimum absolute atomic E-state index is 0.391. The summed E-state index contributed by atoms with van der Waals surface area (Å²) in [4.78, 5) is 2.28. The average molecular weight is 273 g/mol. The zero-order valence-electron chi connectivity index (χ0n) is 12.2. The Morgan fingerprint density at radius 1 is 1.20 bits per heavy atom. The summed E-state index contributed by atoms with van der Waals surface area (Å²) in [5.74, 6) is 0. The van der Waals surface area contributed by atoms with E-state index < -0.39 is 6.10 Å². The van der Waals surface area contributed by atoms with Crippen LogP contribution in [-0.2, 0) is 13.1 Å². The highest BCUT2D eigenvalue weighted by atomic mass is 16.3. The first-order valence-electron chi connectivity index (χ1n) is 7.08. The summed E-state index contributed by atoms with van der Waals surface area (Å²) in [5.41, 5.74) is 1.27. The molecule has 2 rings (SSSR count). The Bertz CT molecular complexity index is 482. The van der Waals surface area contributed by atoms with Crippen molar-refractivity contribution in [3.05, 3.63) is 54.4 Å². The van der Waals surface area contributed by atoms with E-state index in [0.717, 1.165) is 6.54 Å². The molecule has 1 heterocycles. The van der Waals surface area contributed by atoms with Gasteiger partial charge in [0.1, 0.15) is 0 Å². The molecular formula is C16H23N3O. The van der Waals surface area contributed by atoms with Crippen molar-refractivity contribution in [1.82, 2.24) is 14.7 Å². The molecule has 1 N–H and O–H groups in total. The summed E-state index contributed by atoms with van der Waals surface area (Å²) in [7, 11) is 0. The maximum atomic E-state index is 10.2. The van der Waals surface area contributed by atoms with Crippen molar-refractivity contribution < 1.29 is 5.11 Å². The van der Waals surface area contributed by atoms with Crippen LogP contribution in [0.15, 0.2) is 48.8 Å². The summed E-state index contributed by atoms with van der Waals surface area (Å²) in [6.07, 6.45) is 3.19. The van der Waals surface area contributed by atoms with Gasteiger partial charge in [-0.2, -0.15) is 5.10 Å². The van der Waals surface area contributed by atoms with E-state index in [1.165, 1.54) is 5.56 Å². The number of hydrogen-bond donors (Lipinski definition) is 1. The van der Waals surface area contributed by atoms with Gasteiger partial charge in [0.15, 0.2) is 0 Å². The molecule has 4 nitrogen and oxygen atoms in total. The highest BCUT2D eigenvalue weighted by molar-refractivity contribution is 5.14. The normalized spacial score (nSPS) is 13.1. The molecule has 0 aliphatic carbocycles. The molecule has 20 heavy (non-hydrogen) atoms. The first-order chi connectivity index (χ1) is 9.65. The molecule has 0 spiro atoms. The Hall–Kier alpha value is -1.65. The van der Waals surface area contributed by atoms with E-state index in [1.807, 2.05) is 30.5 Å². The second kappa shape index (κ2) is 7.22. The van der Waals surface area contributed by atoms with E-state index in [4.69, 9.17) is 0 Å². The molecular weight excluding hydrogens is 250 g/mol. The van der Waals surface area contributed by atoms with Crippen molar-refractivity contribution in [2.24, 2.45) is 0 Å². The number of nitrogens with zero attached hydrogens (tertiary/aromatic N) is 3. The van der Waals surface area contributed by atoms with Gasteiger partial charge in [-0.05, 0) is 25.5 Å². The van der Waals surface area contributed by atoms with Gasteiger partial charge < -0.3 is 5.11 Å². The molecule has 0 amide bonds. The number of aliphatic hydroxyl groups excluding tert-OH is 1. The summed E-state index contributed by atoms with van der Waals surface area (Å²) >= 11 is 0. The first kappa shape index (κ1) is 14.8. The van der Waals surface area contributed by atoms with Gasteiger partial charge >= 0.3 is 0 Å². The third kappa shape index (κ3) is 4.47. The molecule has 108 valence electrons. The van der Waals surface area contributed by atoms with Crippen molar-refractivity contribution in [3.63, 3.8) is 0 Å². The predicted molar refractivity (Wildman–Crippen MR) is 80.2 cm³/mol. The standard InChI is InChI=1S/C16H23N3O/c1-14(2)18(11-15-7-4-3-5-8-15)12-16(20)13-19-10-6-9-17-19/h3-10,14,16,20H,11-13H2,1-2H3. The predicted octanol–water partition coefficient (Wildman–Crippen LogP) is 2.15. The van der Waals surface area contributed by atoms with Crippen LogP contribution in [0.5, 0.6) is 0 Å². The van der Waals surface area contributed by atoms with E-state index in [1.54, 1.807) is 10.9 Å². The van der Waals surface area contributed by atoms with Gasteiger partial charge in [-0.3, -0.25) is 9.58 Å². The molecule has 1 unspecified atom stereocenters. The van der Waals surface area contributed by atoms with Crippen molar-refractivity contribution in [1.29, 1.82) is 0 Å². The Morgan fingerprint density at radius 3 is 2.55 bits per heavy atom. The third-order valence-corrected chi connectivity index (χ3v) is 3.36. The quantitative estimate of drug-likeness (QED) is 0.840. The maximum absolute atomic E-state index is 10.2. The number of rotatable bonds is 7. The fourth-order valence-electron chi connectivity index (χ4n) is 2.23. The first-order valence-corrected chi connectivity index (χ1v) is 7.08. The van der Waals surface area contributed by atoms with Crippen LogP contribution < -0.4 is 0 Å². The molecule has 2 aromatic rings. The minimum Gasteiger partial charge on any atom is -0.390 e. The van der Waals surface area contributed by atoms with Crippen LogP contribution in [0.25, 0.3) is 0 Å². The summed E-state index contributed by atoms with van der Waals surface area (Å²) in [6, 6.07) is 12.6. The lowest BCUT2D eigenvalue weighted by Gasteiger charge is -2.28. The van der Waals surface area contributed by atoms with Crippen LogP contribution >= 0.6 is 0 Å². The van der Waals surface area contributed by atoms with E-state index in [-0.39, 0.29) is 0 Å². The molecule has 0 saturated carbocycles. The Kier molecular flexibility index (Phi) is 5.32. The smallest absolute Gasteiger partial charge is 0.0862 e. The van der Waals surface area contributed by atoms with Crippen LogP contribution in [0, 0.1) is 0 Å². The highest BCUT2D eigenvalue weighted by Gasteiger charge is 2.15. The van der Waals surface area contributed by atoms with Crippen molar-refractivity contribution >= 4 is 0 Å². The zero-order chi connectivity index (χ0) is 14.4. The summed E-state index contributed by atoms with van der Waals surface area (Å²) < 4.78 is 1.77. The van der Waals surface area contributed by atoms with Gasteiger partial charge in [-0.25, -0.2) is 0 Å². The van der Waals surface area contributed by atoms with E-state index in [9.17, 15) is 5.11 Å². The van der Waals surface area contributed by atoms with E-state index in [2.05, 4.69) is 36.0 Å². The lowest BCUT2D eigenvalue weighted by Crippen LogP contribution is -2.38. The van der Waals surface area contributed by atoms with Crippen LogP contribution in [0.1, 0.15) is 19.4 Å². The fourth-order valence-corrected chi connectivity index (χ4v) is 2.23. The van der Waals surface area contributed by atoms with Crippen LogP contribution in [0.2, 0.25) is 0 Å². The second-order valence-electron chi connectivity index (χ2n) is 5.39. The SMILES string of the molecule is CC(C)N(Cc1ccccc1)CC(O)Cn1cccn1. The number of hydrogen-bond acceptors (Lipinski definition) is 3. The second-order valence-corrected chi connectivity index (χ2v) is 5.39. The van der Waals surface area contributed by atoms with E-state index >= 15 is 0 Å². The van der Waals surface area contributed by atoms with Crippen LogP contribution in [-0.4, -0.2) is 38.5 Å². The van der Waals surface area contributed by atoms with Gasteiger partial charge in [0.25, 0.3) is 0 Å². The Labute approximate surface area is 120 Å². The van der Waals surface area contributed by atoms with Crippen molar-refractivity contribution in [2.45, 2.75) is 39.1 Å². The summed E-state index contributed by atoms with van der Waals surface area (Å²) in [6.45, 7) is 6.35. The zero-order valence-corrected chi connectivity index (χ0v) is 12.2. The number of aromatic nitrogens is 2. The van der Waals surface area contributed by atoms with Crippen LogP contribution in [0.4, 0.5) is 0 Å². The molecule has 0 bridgehead atoms. The minimum atomic E-state index is -0.416. The molecule has 0 aliphatic heterocycles. The number of aliphatic hydroxyl groups is 1. The molecule has 1 atom stereocenters. The molecule has 0 radical (unpaired) electrons. The Morgan fingerprint density at radius 2 is 1.95 bits per heavy atom. The monoisotopic (exact) mass is 273 g/mol. The van der Waals surface area contributed by atoms with Gasteiger partial charge in [0.05, 0.1) is 12.6 Å². The Balaban J connectivity index is 1.92. The van der Waals surface area contributed by atoms with Crippen molar-refractivity contribution in [2.75, 3.05) is 6.54 Å². The number of benzene rings is 1. The van der Waals surface area contributed by atoms with Gasteiger partial charge in [0, 0.05) is 31.5 Å². The van der Waals surface area contributed by atoms with Gasteiger partial charge in [0.2, 0.25) is 0 Å². The molecule has 1 aromatic heterocycles. The summed E-state index contributed by atoms with van der Waals surface area (Å²) in [5, 5.41) is 14.3. The fraction of sp³-hybridized carbons (Fsp3) is 0.438. The highest BCUT2D eigenvalue weighted by Crippen LogP contribution is 2.09. The van der Waals surface area contributed by atoms with Crippen LogP contribution in [0.3, 0.4) is 0 Å². The third-order valence-electron chi connectivity index (χ3n) is 3.36. The lowest BCUT2D eigenvalue weighted by molar-refractivity contribution is 0.0762. The molecule has 0 fully saturated rings. The van der Waals surface area contributed by atoms with E-state index in [0.29, 0.717) is 19.1 Å². The maximum Gasteiger partial charge on any atom is 0.0862 e. The van der Waals surface area contributed by atoms with Gasteiger partial charge in [-0.15, -0.1) is 0 Å². The molecule has 0 aliphatic rings. The largest absolute Gasteiger partial charge is 0.390 e. The topological polar surface area (TPSA) is 41.3 Å². The molecule has 4 heteroatoms. The lowest BCUT2D eigenvalue weighted by atomic mass is 10.1. The van der Waals surface area contributed by atoms with Gasteiger partial charge in [-0.1, -0.05) is 30.3 Å². The molecule has 0 saturated heterocycles. The average Bonchev–Trinajstić information content (AvgIpc) is 2.92. The molecule has 1 aromatic carbocycles.